The van der Waals surface area contributed by atoms with Crippen LogP contribution in [0.1, 0.15) is 15.9 Å². The van der Waals surface area contributed by atoms with Crippen molar-refractivity contribution in [2.45, 2.75) is 6.10 Å². The standard InChI is InChI=1S/C13H9O3S/c1-7-6-17-13-11(15)10(14)8-4-2-3-5-9(8)12(13)16-7/h2-5,7H,1,6H2. The number of ketones is 2. The van der Waals surface area contributed by atoms with Crippen LogP contribution in [0.2, 0.25) is 0 Å². The van der Waals surface area contributed by atoms with Gasteiger partial charge in [0.25, 0.3) is 0 Å². The van der Waals surface area contributed by atoms with Crippen LogP contribution in [0.5, 0.6) is 0 Å². The number of benzene rings is 1. The highest BCUT2D eigenvalue weighted by molar-refractivity contribution is 8.04. The van der Waals surface area contributed by atoms with E-state index in [1.165, 1.54) is 11.8 Å². The molecule has 0 saturated heterocycles. The number of carbonyl (C=O) groups is 2. The van der Waals surface area contributed by atoms with E-state index in [9.17, 15) is 9.59 Å². The first-order chi connectivity index (χ1) is 8.18. The number of rotatable bonds is 0. The number of hydrogen-bond donors (Lipinski definition) is 0. The minimum atomic E-state index is -0.462. The third-order valence-electron chi connectivity index (χ3n) is 2.73. The molecule has 1 heterocycles. The lowest BCUT2D eigenvalue weighted by Crippen LogP contribution is -2.28. The van der Waals surface area contributed by atoms with Crippen molar-refractivity contribution >= 4 is 29.1 Å². The summed E-state index contributed by atoms with van der Waals surface area (Å²) in [5.41, 5.74) is 1.12. The average Bonchev–Trinajstić information content (AvgIpc) is 2.36. The van der Waals surface area contributed by atoms with Gasteiger partial charge in [-0.15, -0.1) is 11.8 Å². The fourth-order valence-corrected chi connectivity index (χ4v) is 2.89. The molecule has 4 heteroatoms. The number of Topliss-reactive ketones (excluding diaryl/α,β-unsaturated/α-hetero) is 2. The van der Waals surface area contributed by atoms with Crippen LogP contribution in [0.4, 0.5) is 0 Å². The highest BCUT2D eigenvalue weighted by atomic mass is 32.2. The Kier molecular flexibility index (Phi) is 2.33. The Morgan fingerprint density at radius 3 is 2.65 bits per heavy atom. The largest absolute Gasteiger partial charge is 0.488 e. The Hall–Kier alpha value is -1.55. The number of carbonyl (C=O) groups excluding carboxylic acids is 2. The van der Waals surface area contributed by atoms with E-state index in [2.05, 4.69) is 6.92 Å². The molecule has 85 valence electrons. The summed E-state index contributed by atoms with van der Waals surface area (Å²) in [6, 6.07) is 7.02. The summed E-state index contributed by atoms with van der Waals surface area (Å²) in [7, 11) is 0. The molecule has 1 aromatic carbocycles. The molecule has 1 aliphatic carbocycles. The van der Waals surface area contributed by atoms with Crippen LogP contribution in [0, 0.1) is 6.92 Å². The van der Waals surface area contributed by atoms with Crippen LogP contribution in [-0.4, -0.2) is 23.4 Å². The van der Waals surface area contributed by atoms with E-state index in [1.807, 2.05) is 6.07 Å². The van der Waals surface area contributed by atoms with Gasteiger partial charge < -0.3 is 4.74 Å². The van der Waals surface area contributed by atoms with Gasteiger partial charge in [-0.05, 0) is 6.92 Å². The predicted molar refractivity (Wildman–Crippen MR) is 65.4 cm³/mol. The molecule has 1 radical (unpaired) electrons. The minimum absolute atomic E-state index is 0.187. The topological polar surface area (TPSA) is 43.4 Å². The fourth-order valence-electron chi connectivity index (χ4n) is 1.96. The Morgan fingerprint density at radius 2 is 1.88 bits per heavy atom. The summed E-state index contributed by atoms with van der Waals surface area (Å²) in [6.45, 7) is 3.83. The Labute approximate surface area is 103 Å². The normalized spacial score (nSPS) is 23.0. The van der Waals surface area contributed by atoms with E-state index in [0.29, 0.717) is 27.5 Å². The molecule has 1 unspecified atom stereocenters. The van der Waals surface area contributed by atoms with E-state index in [1.54, 1.807) is 18.2 Å². The van der Waals surface area contributed by atoms with E-state index >= 15 is 0 Å². The van der Waals surface area contributed by atoms with Crippen molar-refractivity contribution in [2.75, 3.05) is 5.75 Å². The maximum atomic E-state index is 11.9. The van der Waals surface area contributed by atoms with Crippen LogP contribution in [0.25, 0.3) is 5.76 Å². The predicted octanol–water partition coefficient (Wildman–Crippen LogP) is 2.09. The minimum Gasteiger partial charge on any atom is -0.488 e. The second-order valence-corrected chi connectivity index (χ2v) is 4.94. The second kappa shape index (κ2) is 3.74. The number of thioether (sulfide) groups is 1. The lowest BCUT2D eigenvalue weighted by molar-refractivity contribution is -0.111. The Balaban J connectivity index is 2.24. The summed E-state index contributed by atoms with van der Waals surface area (Å²) in [6.07, 6.45) is -0.187. The van der Waals surface area contributed by atoms with Crippen molar-refractivity contribution in [1.29, 1.82) is 0 Å². The first kappa shape index (κ1) is 10.6. The van der Waals surface area contributed by atoms with Crippen LogP contribution in [0.15, 0.2) is 29.2 Å². The van der Waals surface area contributed by atoms with Crippen LogP contribution in [-0.2, 0) is 9.53 Å². The molecule has 0 bridgehead atoms. The maximum Gasteiger partial charge on any atom is 0.243 e. The van der Waals surface area contributed by atoms with E-state index in [4.69, 9.17) is 4.74 Å². The highest BCUT2D eigenvalue weighted by Crippen LogP contribution is 2.40. The molecule has 1 aliphatic heterocycles. The van der Waals surface area contributed by atoms with Crippen molar-refractivity contribution < 1.29 is 14.3 Å². The van der Waals surface area contributed by atoms with Gasteiger partial charge >= 0.3 is 0 Å². The zero-order valence-electron chi connectivity index (χ0n) is 8.93. The molecule has 0 fully saturated rings. The van der Waals surface area contributed by atoms with Crippen molar-refractivity contribution in [3.05, 3.63) is 47.2 Å². The van der Waals surface area contributed by atoms with Gasteiger partial charge in [0, 0.05) is 16.9 Å². The van der Waals surface area contributed by atoms with Crippen molar-refractivity contribution in [2.24, 2.45) is 0 Å². The Bertz CT molecular complexity index is 560. The third kappa shape index (κ3) is 1.52. The first-order valence-electron chi connectivity index (χ1n) is 5.23. The molecule has 0 amide bonds. The summed E-state index contributed by atoms with van der Waals surface area (Å²) in [5.74, 6) is 0.204. The number of allylic oxidation sites excluding steroid dienone is 1. The smallest absolute Gasteiger partial charge is 0.243 e. The molecule has 0 spiro atoms. The van der Waals surface area contributed by atoms with Crippen molar-refractivity contribution in [1.82, 2.24) is 0 Å². The number of ether oxygens (including phenoxy) is 1. The molecule has 0 aromatic heterocycles. The third-order valence-corrected chi connectivity index (χ3v) is 3.93. The molecule has 0 saturated carbocycles. The Morgan fingerprint density at radius 1 is 1.18 bits per heavy atom. The second-order valence-electron chi connectivity index (χ2n) is 3.91. The summed E-state index contributed by atoms with van der Waals surface area (Å²) >= 11 is 1.35. The van der Waals surface area contributed by atoms with Gasteiger partial charge in [0.2, 0.25) is 11.6 Å². The molecule has 3 rings (SSSR count). The van der Waals surface area contributed by atoms with Gasteiger partial charge in [0.15, 0.2) is 0 Å². The molecule has 1 atom stereocenters. The van der Waals surface area contributed by atoms with Crippen LogP contribution < -0.4 is 0 Å². The van der Waals surface area contributed by atoms with Crippen LogP contribution in [0.3, 0.4) is 0 Å². The average molecular weight is 245 g/mol. The van der Waals surface area contributed by atoms with E-state index in [-0.39, 0.29) is 6.10 Å². The molecule has 1 aromatic rings. The van der Waals surface area contributed by atoms with Gasteiger partial charge in [-0.2, -0.15) is 0 Å². The molecule has 3 nitrogen and oxygen atoms in total. The van der Waals surface area contributed by atoms with Gasteiger partial charge in [0.05, 0.1) is 0 Å². The number of fused-ring (bicyclic) bond motifs is 2. The van der Waals surface area contributed by atoms with Crippen molar-refractivity contribution in [3.8, 4) is 0 Å². The summed E-state index contributed by atoms with van der Waals surface area (Å²) < 4.78 is 5.61. The highest BCUT2D eigenvalue weighted by Gasteiger charge is 2.36. The molecular formula is C13H9O3S. The molecular weight excluding hydrogens is 236 g/mol. The fraction of sp³-hybridized carbons (Fsp3) is 0.154. The molecule has 17 heavy (non-hydrogen) atoms. The monoisotopic (exact) mass is 245 g/mol. The van der Waals surface area contributed by atoms with Crippen molar-refractivity contribution in [3.63, 3.8) is 0 Å². The number of hydrogen-bond acceptors (Lipinski definition) is 4. The quantitative estimate of drug-likeness (QED) is 0.656. The zero-order valence-corrected chi connectivity index (χ0v) is 9.75. The lowest BCUT2D eigenvalue weighted by atomic mass is 9.93. The van der Waals surface area contributed by atoms with Gasteiger partial charge in [-0.3, -0.25) is 9.59 Å². The van der Waals surface area contributed by atoms with Gasteiger partial charge in [0.1, 0.15) is 16.8 Å². The SMILES string of the molecule is [CH2]C1CSC2=C(O1)c1ccccc1C(=O)C2=O. The lowest BCUT2D eigenvalue weighted by Gasteiger charge is -2.28. The molecule has 0 N–H and O–H groups in total. The van der Waals surface area contributed by atoms with Crippen LogP contribution >= 0.6 is 11.8 Å². The van der Waals surface area contributed by atoms with E-state index in [0.717, 1.165) is 0 Å². The summed E-state index contributed by atoms with van der Waals surface area (Å²) in [4.78, 5) is 24.2. The first-order valence-corrected chi connectivity index (χ1v) is 6.22. The molecule has 2 aliphatic rings. The zero-order chi connectivity index (χ0) is 12.0. The maximum absolute atomic E-state index is 11.9. The summed E-state index contributed by atoms with van der Waals surface area (Å²) in [5, 5.41) is 0. The van der Waals surface area contributed by atoms with Gasteiger partial charge in [-0.1, -0.05) is 24.3 Å². The van der Waals surface area contributed by atoms with Gasteiger partial charge in [-0.25, -0.2) is 0 Å². The van der Waals surface area contributed by atoms with E-state index < -0.39 is 11.6 Å².